The normalized spacial score (nSPS) is 10.6. The van der Waals surface area contributed by atoms with Gasteiger partial charge in [0.2, 0.25) is 0 Å². The molecule has 3 rings (SSSR count). The SMILES string of the molecule is Nc1ccc(-c2cnnn2-c2ccccc2)c(Cl)c1. The molecule has 1 aromatic heterocycles. The number of rotatable bonds is 2. The predicted octanol–water partition coefficient (Wildman–Crippen LogP) is 3.17. The topological polar surface area (TPSA) is 56.7 Å². The summed E-state index contributed by atoms with van der Waals surface area (Å²) < 4.78 is 1.75. The lowest BCUT2D eigenvalue weighted by Crippen LogP contribution is -1.99. The fourth-order valence-corrected chi connectivity index (χ4v) is 2.20. The second-order valence-corrected chi connectivity index (χ2v) is 4.51. The predicted molar refractivity (Wildman–Crippen MR) is 76.2 cm³/mol. The highest BCUT2D eigenvalue weighted by Crippen LogP contribution is 2.30. The molecule has 19 heavy (non-hydrogen) atoms. The molecule has 0 amide bonds. The first-order chi connectivity index (χ1) is 9.25. The molecule has 0 atom stereocenters. The summed E-state index contributed by atoms with van der Waals surface area (Å²) in [4.78, 5) is 0. The summed E-state index contributed by atoms with van der Waals surface area (Å²) in [5.41, 5.74) is 8.95. The van der Waals surface area contributed by atoms with Crippen molar-refractivity contribution in [2.45, 2.75) is 0 Å². The monoisotopic (exact) mass is 270 g/mol. The first-order valence-electron chi connectivity index (χ1n) is 5.77. The molecule has 1 heterocycles. The van der Waals surface area contributed by atoms with E-state index in [0.717, 1.165) is 16.9 Å². The van der Waals surface area contributed by atoms with Gasteiger partial charge in [-0.1, -0.05) is 35.0 Å². The van der Waals surface area contributed by atoms with Crippen molar-refractivity contribution in [1.82, 2.24) is 15.0 Å². The lowest BCUT2D eigenvalue weighted by atomic mass is 10.1. The average Bonchev–Trinajstić information content (AvgIpc) is 2.89. The molecule has 0 saturated heterocycles. The Balaban J connectivity index is 2.15. The van der Waals surface area contributed by atoms with Gasteiger partial charge in [-0.3, -0.25) is 0 Å². The van der Waals surface area contributed by atoms with Gasteiger partial charge in [-0.05, 0) is 30.3 Å². The van der Waals surface area contributed by atoms with Gasteiger partial charge in [-0.2, -0.15) is 0 Å². The Kier molecular flexibility index (Phi) is 2.93. The maximum Gasteiger partial charge on any atom is 0.0959 e. The number of aromatic nitrogens is 3. The van der Waals surface area contributed by atoms with Gasteiger partial charge in [0.05, 0.1) is 22.6 Å². The zero-order valence-corrected chi connectivity index (χ0v) is 10.7. The Bertz CT molecular complexity index is 706. The molecule has 0 aliphatic heterocycles. The Hall–Kier alpha value is -2.33. The molecule has 5 heteroatoms. The highest BCUT2D eigenvalue weighted by molar-refractivity contribution is 6.33. The second-order valence-electron chi connectivity index (χ2n) is 4.11. The zero-order chi connectivity index (χ0) is 13.2. The van der Waals surface area contributed by atoms with E-state index in [1.54, 1.807) is 16.9 Å². The minimum absolute atomic E-state index is 0.583. The number of nitrogens with zero attached hydrogens (tertiary/aromatic N) is 3. The summed E-state index contributed by atoms with van der Waals surface area (Å²) in [6.45, 7) is 0. The van der Waals surface area contributed by atoms with E-state index in [4.69, 9.17) is 17.3 Å². The smallest absolute Gasteiger partial charge is 0.0959 e. The van der Waals surface area contributed by atoms with Crippen LogP contribution in [0.15, 0.2) is 54.7 Å². The van der Waals surface area contributed by atoms with Crippen LogP contribution < -0.4 is 5.73 Å². The Labute approximate surface area is 115 Å². The van der Waals surface area contributed by atoms with Crippen molar-refractivity contribution in [3.8, 4) is 16.9 Å². The number of nitrogen functional groups attached to an aromatic ring is 1. The summed E-state index contributed by atoms with van der Waals surface area (Å²) >= 11 is 6.23. The molecule has 0 saturated carbocycles. The van der Waals surface area contributed by atoms with E-state index >= 15 is 0 Å². The summed E-state index contributed by atoms with van der Waals surface area (Å²) in [5, 5.41) is 8.65. The van der Waals surface area contributed by atoms with Gasteiger partial charge < -0.3 is 5.73 Å². The molecule has 4 nitrogen and oxygen atoms in total. The molecule has 0 aliphatic rings. The molecule has 2 N–H and O–H groups in total. The third-order valence-corrected chi connectivity index (χ3v) is 3.13. The molecular formula is C14H11ClN4. The Morgan fingerprint density at radius 3 is 2.58 bits per heavy atom. The first kappa shape index (κ1) is 11.7. The van der Waals surface area contributed by atoms with E-state index in [0.29, 0.717) is 10.7 Å². The van der Waals surface area contributed by atoms with E-state index in [-0.39, 0.29) is 0 Å². The minimum atomic E-state index is 0.583. The molecule has 0 radical (unpaired) electrons. The molecule has 0 spiro atoms. The van der Waals surface area contributed by atoms with Crippen molar-refractivity contribution in [2.24, 2.45) is 0 Å². The van der Waals surface area contributed by atoms with Gasteiger partial charge in [0.1, 0.15) is 0 Å². The zero-order valence-electron chi connectivity index (χ0n) is 9.99. The number of para-hydroxylation sites is 1. The lowest BCUT2D eigenvalue weighted by molar-refractivity contribution is 0.808. The van der Waals surface area contributed by atoms with E-state index in [1.807, 2.05) is 42.5 Å². The van der Waals surface area contributed by atoms with Crippen LogP contribution in [-0.4, -0.2) is 15.0 Å². The molecule has 0 bridgehead atoms. The largest absolute Gasteiger partial charge is 0.399 e. The van der Waals surface area contributed by atoms with Crippen molar-refractivity contribution in [1.29, 1.82) is 0 Å². The molecule has 0 fully saturated rings. The molecule has 2 aromatic carbocycles. The summed E-state index contributed by atoms with van der Waals surface area (Å²) in [6, 6.07) is 15.2. The highest BCUT2D eigenvalue weighted by atomic mass is 35.5. The van der Waals surface area contributed by atoms with E-state index in [1.165, 1.54) is 0 Å². The van der Waals surface area contributed by atoms with Gasteiger partial charge in [0, 0.05) is 11.3 Å². The number of nitrogens with two attached hydrogens (primary N) is 1. The van der Waals surface area contributed by atoms with Gasteiger partial charge in [0.25, 0.3) is 0 Å². The third kappa shape index (κ3) is 2.18. The van der Waals surface area contributed by atoms with Crippen LogP contribution in [0.5, 0.6) is 0 Å². The van der Waals surface area contributed by atoms with Crippen molar-refractivity contribution in [3.05, 3.63) is 59.8 Å². The van der Waals surface area contributed by atoms with Crippen LogP contribution in [0.3, 0.4) is 0 Å². The van der Waals surface area contributed by atoms with Gasteiger partial charge in [-0.25, -0.2) is 4.68 Å². The van der Waals surface area contributed by atoms with Crippen molar-refractivity contribution < 1.29 is 0 Å². The molecular weight excluding hydrogens is 260 g/mol. The Morgan fingerprint density at radius 2 is 1.84 bits per heavy atom. The van der Waals surface area contributed by atoms with Crippen LogP contribution in [-0.2, 0) is 0 Å². The third-order valence-electron chi connectivity index (χ3n) is 2.82. The van der Waals surface area contributed by atoms with Crippen LogP contribution >= 0.6 is 11.6 Å². The van der Waals surface area contributed by atoms with Crippen LogP contribution in [0.1, 0.15) is 0 Å². The quantitative estimate of drug-likeness (QED) is 0.728. The van der Waals surface area contributed by atoms with Gasteiger partial charge in [-0.15, -0.1) is 5.10 Å². The van der Waals surface area contributed by atoms with Crippen molar-refractivity contribution >= 4 is 17.3 Å². The van der Waals surface area contributed by atoms with Crippen molar-refractivity contribution in [2.75, 3.05) is 5.73 Å². The van der Waals surface area contributed by atoms with E-state index in [9.17, 15) is 0 Å². The molecule has 0 unspecified atom stereocenters. The highest BCUT2D eigenvalue weighted by Gasteiger charge is 2.11. The lowest BCUT2D eigenvalue weighted by Gasteiger charge is -2.08. The van der Waals surface area contributed by atoms with E-state index in [2.05, 4.69) is 10.3 Å². The van der Waals surface area contributed by atoms with Crippen LogP contribution in [0.4, 0.5) is 5.69 Å². The van der Waals surface area contributed by atoms with Crippen LogP contribution in [0.2, 0.25) is 5.02 Å². The van der Waals surface area contributed by atoms with Gasteiger partial charge >= 0.3 is 0 Å². The first-order valence-corrected chi connectivity index (χ1v) is 6.15. The fraction of sp³-hybridized carbons (Fsp3) is 0. The number of anilines is 1. The van der Waals surface area contributed by atoms with E-state index < -0.39 is 0 Å². The maximum atomic E-state index is 6.23. The fourth-order valence-electron chi connectivity index (χ4n) is 1.92. The summed E-state index contributed by atoms with van der Waals surface area (Å²) in [5.74, 6) is 0. The molecule has 94 valence electrons. The summed E-state index contributed by atoms with van der Waals surface area (Å²) in [7, 11) is 0. The minimum Gasteiger partial charge on any atom is -0.399 e. The number of benzene rings is 2. The number of halogens is 1. The van der Waals surface area contributed by atoms with Crippen molar-refractivity contribution in [3.63, 3.8) is 0 Å². The number of hydrogen-bond acceptors (Lipinski definition) is 3. The standard InChI is InChI=1S/C14H11ClN4/c15-13-8-10(16)6-7-12(13)14-9-17-18-19(14)11-4-2-1-3-5-11/h1-9H,16H2. The molecule has 3 aromatic rings. The second kappa shape index (κ2) is 4.74. The molecule has 0 aliphatic carbocycles. The van der Waals surface area contributed by atoms with Gasteiger partial charge in [0.15, 0.2) is 0 Å². The average molecular weight is 271 g/mol. The maximum absolute atomic E-state index is 6.23. The summed E-state index contributed by atoms with van der Waals surface area (Å²) in [6.07, 6.45) is 1.68. The van der Waals surface area contributed by atoms with Crippen LogP contribution in [0.25, 0.3) is 16.9 Å². The van der Waals surface area contributed by atoms with Crippen LogP contribution in [0, 0.1) is 0 Å². The Morgan fingerprint density at radius 1 is 1.05 bits per heavy atom. The number of hydrogen-bond donors (Lipinski definition) is 1.